The number of hydrogen-bond acceptors (Lipinski definition) is 2. The first-order chi connectivity index (χ1) is 10.7. The van der Waals surface area contributed by atoms with Gasteiger partial charge in [0, 0.05) is 5.92 Å². The van der Waals surface area contributed by atoms with E-state index in [-0.39, 0.29) is 18.6 Å². The summed E-state index contributed by atoms with van der Waals surface area (Å²) in [5.41, 5.74) is 15.4. The zero-order valence-electron chi connectivity index (χ0n) is 15.7. The Morgan fingerprint density at radius 3 is 1.30 bits per heavy atom. The molecule has 1 atom stereocenters. The highest BCUT2D eigenvalue weighted by atomic mass is 35.5. The number of nitrogens with two attached hydrogens (primary N) is 2. The Hall–Kier alpha value is 0.170. The van der Waals surface area contributed by atoms with Gasteiger partial charge in [0.05, 0.1) is 12.7 Å². The topological polar surface area (TPSA) is 79.7 Å². The maximum Gasteiger partial charge on any atom is 0.0796 e. The second-order valence-electron chi connectivity index (χ2n) is 7.01. The van der Waals surface area contributed by atoms with E-state index in [1.807, 2.05) is 0 Å². The van der Waals surface area contributed by atoms with Crippen molar-refractivity contribution in [3.8, 4) is 0 Å². The highest BCUT2D eigenvalue weighted by molar-refractivity contribution is 4.65. The molecule has 0 amide bonds. The van der Waals surface area contributed by atoms with Crippen LogP contribution < -0.4 is 29.6 Å². The third-order valence-electron chi connectivity index (χ3n) is 4.84. The van der Waals surface area contributed by atoms with Gasteiger partial charge in [-0.3, -0.25) is 0 Å². The molecule has 0 rings (SSSR count). The van der Waals surface area contributed by atoms with Crippen LogP contribution in [0, 0.1) is 5.92 Å². The van der Waals surface area contributed by atoms with Crippen molar-refractivity contribution < 1.29 is 18.1 Å². The van der Waals surface area contributed by atoms with Crippen LogP contribution in [0.2, 0.25) is 0 Å². The van der Waals surface area contributed by atoms with Gasteiger partial charge < -0.3 is 29.6 Å². The lowest BCUT2D eigenvalue weighted by atomic mass is 9.98. The van der Waals surface area contributed by atoms with Gasteiger partial charge >= 0.3 is 0 Å². The summed E-state index contributed by atoms with van der Waals surface area (Å²) < 4.78 is 0. The van der Waals surface area contributed by atoms with Crippen LogP contribution in [0.3, 0.4) is 0 Å². The maximum atomic E-state index is 5.74. The van der Waals surface area contributed by atoms with E-state index in [2.05, 4.69) is 12.7 Å². The molecule has 3 nitrogen and oxygen atoms in total. The van der Waals surface area contributed by atoms with E-state index in [9.17, 15) is 0 Å². The molecule has 0 aliphatic heterocycles. The lowest BCUT2D eigenvalue weighted by Gasteiger charge is -2.16. The highest BCUT2D eigenvalue weighted by Crippen LogP contribution is 2.14. The predicted octanol–water partition coefficient (Wildman–Crippen LogP) is 0.963. The van der Waals surface area contributed by atoms with Gasteiger partial charge in [0.1, 0.15) is 0 Å². The van der Waals surface area contributed by atoms with Crippen LogP contribution in [0.15, 0.2) is 0 Å². The second-order valence-corrected chi connectivity index (χ2v) is 7.01. The average Bonchev–Trinajstić information content (AvgIpc) is 2.51. The Labute approximate surface area is 151 Å². The summed E-state index contributed by atoms with van der Waals surface area (Å²) in [5, 5.41) is 0. The molecule has 142 valence electrons. The Morgan fingerprint density at radius 1 is 0.652 bits per heavy atom. The van der Waals surface area contributed by atoms with E-state index in [0.29, 0.717) is 5.92 Å². The first kappa shape index (κ1) is 25.4. The minimum atomic E-state index is -0.181. The molecule has 0 saturated heterocycles. The molecular weight excluding hydrogens is 306 g/mol. The smallest absolute Gasteiger partial charge is 0.0796 e. The number of quaternary nitrogens is 1. The van der Waals surface area contributed by atoms with Gasteiger partial charge in [-0.05, 0) is 6.42 Å². The molecule has 0 fully saturated rings. The summed E-state index contributed by atoms with van der Waals surface area (Å²) in [5.74, 6) is 0.414. The summed E-state index contributed by atoms with van der Waals surface area (Å²) in [4.78, 5) is 0. The van der Waals surface area contributed by atoms with Crippen molar-refractivity contribution in [1.82, 2.24) is 0 Å². The van der Waals surface area contributed by atoms with E-state index >= 15 is 0 Å². The molecule has 4 heteroatoms. The summed E-state index contributed by atoms with van der Waals surface area (Å²) >= 11 is 0. The van der Waals surface area contributed by atoms with Crippen molar-refractivity contribution in [3.05, 3.63) is 0 Å². The molecule has 0 saturated carbocycles. The van der Waals surface area contributed by atoms with Gasteiger partial charge in [-0.15, -0.1) is 0 Å². The molecule has 1 unspecified atom stereocenters. The first-order valence-corrected chi connectivity index (χ1v) is 10.0. The van der Waals surface area contributed by atoms with Crippen molar-refractivity contribution in [2.45, 2.75) is 109 Å². The number of halogens is 1. The molecule has 23 heavy (non-hydrogen) atoms. The van der Waals surface area contributed by atoms with Crippen molar-refractivity contribution in [3.63, 3.8) is 0 Å². The van der Waals surface area contributed by atoms with Crippen LogP contribution in [0.25, 0.3) is 0 Å². The van der Waals surface area contributed by atoms with Gasteiger partial charge in [0.2, 0.25) is 0 Å². The summed E-state index contributed by atoms with van der Waals surface area (Å²) in [6.07, 6.45) is 20.7. The largest absolute Gasteiger partial charge is 1.00 e. The quantitative estimate of drug-likeness (QED) is 0.270. The summed E-state index contributed by atoms with van der Waals surface area (Å²) in [6, 6.07) is 0. The van der Waals surface area contributed by atoms with Gasteiger partial charge in [-0.1, -0.05) is 96.8 Å². The summed E-state index contributed by atoms with van der Waals surface area (Å²) in [6.45, 7) is 3.16. The van der Waals surface area contributed by atoms with Crippen LogP contribution in [-0.2, 0) is 0 Å². The van der Waals surface area contributed by atoms with Crippen LogP contribution in [-0.4, -0.2) is 12.7 Å². The number of rotatable bonds is 17. The van der Waals surface area contributed by atoms with Crippen LogP contribution >= 0.6 is 0 Å². The molecule has 0 aromatic heterocycles. The second kappa shape index (κ2) is 20.2. The fraction of sp³-hybridized carbons (Fsp3) is 1.00. The van der Waals surface area contributed by atoms with Crippen molar-refractivity contribution in [1.29, 1.82) is 0 Å². The molecule has 0 bridgehead atoms. The third kappa shape index (κ3) is 18.4. The van der Waals surface area contributed by atoms with Gasteiger partial charge in [0.25, 0.3) is 0 Å². The molecule has 0 heterocycles. The Morgan fingerprint density at radius 2 is 1.00 bits per heavy atom. The van der Waals surface area contributed by atoms with Crippen LogP contribution in [0.5, 0.6) is 0 Å². The molecule has 0 radical (unpaired) electrons. The monoisotopic (exact) mass is 349 g/mol. The zero-order valence-corrected chi connectivity index (χ0v) is 16.5. The minimum absolute atomic E-state index is 0. The predicted molar refractivity (Wildman–Crippen MR) is 98.3 cm³/mol. The van der Waals surface area contributed by atoms with E-state index in [0.717, 1.165) is 13.0 Å². The Bertz CT molecular complexity index is 213. The van der Waals surface area contributed by atoms with E-state index in [1.165, 1.54) is 89.9 Å². The Kier molecular flexibility index (Phi) is 22.3. The molecule has 0 aromatic carbocycles. The van der Waals surface area contributed by atoms with Crippen molar-refractivity contribution >= 4 is 0 Å². The van der Waals surface area contributed by atoms with Gasteiger partial charge in [-0.2, -0.15) is 0 Å². The zero-order chi connectivity index (χ0) is 16.5. The fourth-order valence-electron chi connectivity index (χ4n) is 3.13. The van der Waals surface area contributed by atoms with Crippen LogP contribution in [0.1, 0.15) is 103 Å². The van der Waals surface area contributed by atoms with E-state index in [1.54, 1.807) is 0 Å². The number of hydrogen-bond donors (Lipinski definition) is 3. The molecule has 0 aliphatic carbocycles. The SMILES string of the molecule is CCCCCCCCCCCCCCCCC(C[NH3+])C(N)N.[Cl-]. The molecule has 0 aliphatic rings. The highest BCUT2D eigenvalue weighted by Gasteiger charge is 2.13. The summed E-state index contributed by atoms with van der Waals surface area (Å²) in [7, 11) is 0. The minimum Gasteiger partial charge on any atom is -1.00 e. The lowest BCUT2D eigenvalue weighted by molar-refractivity contribution is -0.380. The van der Waals surface area contributed by atoms with E-state index in [4.69, 9.17) is 11.5 Å². The third-order valence-corrected chi connectivity index (χ3v) is 4.84. The fourth-order valence-corrected chi connectivity index (χ4v) is 3.13. The molecule has 7 N–H and O–H groups in total. The molecule has 0 aromatic rings. The van der Waals surface area contributed by atoms with Gasteiger partial charge in [0.15, 0.2) is 0 Å². The van der Waals surface area contributed by atoms with Crippen molar-refractivity contribution in [2.24, 2.45) is 17.4 Å². The normalized spacial score (nSPS) is 12.4. The average molecular weight is 350 g/mol. The number of unbranched alkanes of at least 4 members (excludes halogenated alkanes) is 13. The first-order valence-electron chi connectivity index (χ1n) is 10.0. The Balaban J connectivity index is 0. The van der Waals surface area contributed by atoms with E-state index < -0.39 is 0 Å². The molecule has 0 spiro atoms. The lowest BCUT2D eigenvalue weighted by Crippen LogP contribution is -3.00. The standard InChI is InChI=1S/C19H43N3.ClH/c1-2-3-4-5-6-7-8-9-10-11-12-13-14-15-16-18(17-20)19(21)22;/h18-19H,2-17,20-22H2,1H3;1H. The molecular formula is C19H44ClN3. The van der Waals surface area contributed by atoms with Crippen molar-refractivity contribution in [2.75, 3.05) is 6.54 Å². The maximum absolute atomic E-state index is 5.74. The van der Waals surface area contributed by atoms with Crippen LogP contribution in [0.4, 0.5) is 0 Å². The van der Waals surface area contributed by atoms with Gasteiger partial charge in [-0.25, -0.2) is 0 Å².